The molecule has 2 N–H and O–H groups in total. The molecule has 1 amide bonds. The van der Waals surface area contributed by atoms with E-state index in [0.29, 0.717) is 0 Å². The van der Waals surface area contributed by atoms with Crippen LogP contribution in [-0.4, -0.2) is 19.0 Å². The zero-order chi connectivity index (χ0) is 20.0. The van der Waals surface area contributed by atoms with Gasteiger partial charge in [-0.2, -0.15) is 0 Å². The molecule has 148 valence electrons. The molecule has 0 radical (unpaired) electrons. The fraction of sp³-hybridized carbons (Fsp3) is 0.333. The summed E-state index contributed by atoms with van der Waals surface area (Å²) in [7, 11) is 0. The average molecular weight is 387 g/mol. The van der Waals surface area contributed by atoms with Gasteiger partial charge in [0.2, 0.25) is 5.55 Å². The summed E-state index contributed by atoms with van der Waals surface area (Å²) in [6.45, 7) is 4.25. The number of aryl methyl sites for hydroxylation is 3. The Hall–Kier alpha value is -3.08. The molecule has 5 heteroatoms. The van der Waals surface area contributed by atoms with E-state index in [1.807, 2.05) is 30.3 Å². The van der Waals surface area contributed by atoms with E-state index in [-0.39, 0.29) is 17.0 Å². The lowest BCUT2D eigenvalue weighted by Gasteiger charge is -2.37. The van der Waals surface area contributed by atoms with Gasteiger partial charge in [0.1, 0.15) is 11.1 Å². The van der Waals surface area contributed by atoms with Crippen LogP contribution in [0, 0.1) is 5.41 Å². The van der Waals surface area contributed by atoms with E-state index in [1.54, 1.807) is 0 Å². The Kier molecular flexibility index (Phi) is 4.38. The number of nitrogens with zero attached hydrogens (tertiary/aromatic N) is 1. The van der Waals surface area contributed by atoms with Gasteiger partial charge in [-0.05, 0) is 61.4 Å². The standard InChI is InChI=1S/C24H25N3O2/c1-2-15-7-3-4-10-20(15)26-24(28)19-14-17-13-16-8-5-11-27-12-6-9-18(21(16)27)22(17)29-23(19)25/h3-4,7,10,13-14,25H,2,5-6,8-9,11-12H2,1H3,(H,26,28). The Labute approximate surface area is 169 Å². The lowest BCUT2D eigenvalue weighted by Crippen LogP contribution is -2.34. The third kappa shape index (κ3) is 3.01. The number of amides is 1. The molecule has 5 rings (SSSR count). The molecule has 0 unspecified atom stereocenters. The van der Waals surface area contributed by atoms with E-state index in [9.17, 15) is 4.79 Å². The first-order valence-corrected chi connectivity index (χ1v) is 10.5. The largest absolute Gasteiger partial charge is 0.438 e. The highest BCUT2D eigenvalue weighted by atomic mass is 16.3. The summed E-state index contributed by atoms with van der Waals surface area (Å²) in [5.41, 5.74) is 6.69. The highest BCUT2D eigenvalue weighted by molar-refractivity contribution is 6.06. The Morgan fingerprint density at radius 2 is 1.97 bits per heavy atom. The van der Waals surface area contributed by atoms with Crippen LogP contribution >= 0.6 is 0 Å². The zero-order valence-electron chi connectivity index (χ0n) is 16.7. The molecule has 2 aromatic carbocycles. The van der Waals surface area contributed by atoms with Crippen LogP contribution in [0.25, 0.3) is 11.0 Å². The fourth-order valence-electron chi connectivity index (χ4n) is 4.77. The normalized spacial score (nSPS) is 15.3. The molecular weight excluding hydrogens is 362 g/mol. The van der Waals surface area contributed by atoms with Gasteiger partial charge >= 0.3 is 0 Å². The second kappa shape index (κ2) is 7.07. The maximum atomic E-state index is 13.0. The van der Waals surface area contributed by atoms with E-state index in [1.165, 1.54) is 16.8 Å². The summed E-state index contributed by atoms with van der Waals surface area (Å²) in [6, 6.07) is 11.8. The van der Waals surface area contributed by atoms with Crippen LogP contribution in [0.4, 0.5) is 11.4 Å². The summed E-state index contributed by atoms with van der Waals surface area (Å²) >= 11 is 0. The molecule has 5 nitrogen and oxygen atoms in total. The van der Waals surface area contributed by atoms with Crippen molar-refractivity contribution in [3.05, 3.63) is 64.2 Å². The van der Waals surface area contributed by atoms with Crippen molar-refractivity contribution in [3.8, 4) is 0 Å². The quantitative estimate of drug-likeness (QED) is 0.699. The molecule has 0 saturated carbocycles. The van der Waals surface area contributed by atoms with Gasteiger partial charge in [0.05, 0.1) is 0 Å². The summed E-state index contributed by atoms with van der Waals surface area (Å²) in [6.07, 6.45) is 5.12. The van der Waals surface area contributed by atoms with Crippen LogP contribution < -0.4 is 15.8 Å². The van der Waals surface area contributed by atoms with Gasteiger partial charge in [-0.15, -0.1) is 0 Å². The number of fused-ring (bicyclic) bond motifs is 2. The van der Waals surface area contributed by atoms with Gasteiger partial charge in [-0.1, -0.05) is 25.1 Å². The molecule has 0 bridgehead atoms. The predicted molar refractivity (Wildman–Crippen MR) is 115 cm³/mol. The minimum Gasteiger partial charge on any atom is -0.438 e. The first-order valence-electron chi connectivity index (χ1n) is 10.5. The van der Waals surface area contributed by atoms with Gasteiger partial charge < -0.3 is 14.6 Å². The van der Waals surface area contributed by atoms with Crippen molar-refractivity contribution in [3.63, 3.8) is 0 Å². The number of carbonyl (C=O) groups is 1. The van der Waals surface area contributed by atoms with Crippen LogP contribution in [0.15, 0.2) is 40.8 Å². The number of rotatable bonds is 3. The third-order valence-corrected chi connectivity index (χ3v) is 6.14. The monoisotopic (exact) mass is 387 g/mol. The maximum absolute atomic E-state index is 13.0. The third-order valence-electron chi connectivity index (χ3n) is 6.14. The molecule has 2 aliphatic heterocycles. The van der Waals surface area contributed by atoms with Crippen LogP contribution in [0.1, 0.15) is 46.8 Å². The van der Waals surface area contributed by atoms with Crippen LogP contribution in [0.2, 0.25) is 0 Å². The topological polar surface area (TPSA) is 69.3 Å². The van der Waals surface area contributed by atoms with Crippen molar-refractivity contribution in [2.45, 2.75) is 39.0 Å². The van der Waals surface area contributed by atoms with E-state index in [0.717, 1.165) is 67.4 Å². The molecule has 0 aliphatic carbocycles. The smallest absolute Gasteiger partial charge is 0.261 e. The Bertz CT molecular complexity index is 1180. The summed E-state index contributed by atoms with van der Waals surface area (Å²) in [5.74, 6) is -0.297. The van der Waals surface area contributed by atoms with Crippen molar-refractivity contribution < 1.29 is 9.21 Å². The fourth-order valence-corrected chi connectivity index (χ4v) is 4.77. The minimum absolute atomic E-state index is 0.0758. The van der Waals surface area contributed by atoms with Crippen molar-refractivity contribution in [2.75, 3.05) is 23.3 Å². The number of para-hydroxylation sites is 1. The second-order valence-electron chi connectivity index (χ2n) is 7.93. The molecule has 29 heavy (non-hydrogen) atoms. The number of benzene rings is 2. The average Bonchev–Trinajstić information content (AvgIpc) is 2.74. The van der Waals surface area contributed by atoms with Gasteiger partial charge in [-0.3, -0.25) is 10.2 Å². The Morgan fingerprint density at radius 1 is 1.17 bits per heavy atom. The zero-order valence-corrected chi connectivity index (χ0v) is 16.7. The van der Waals surface area contributed by atoms with Crippen LogP contribution in [-0.2, 0) is 19.3 Å². The molecule has 0 atom stereocenters. The second-order valence-corrected chi connectivity index (χ2v) is 7.93. The molecule has 0 fully saturated rings. The van der Waals surface area contributed by atoms with Gasteiger partial charge in [-0.25, -0.2) is 0 Å². The lowest BCUT2D eigenvalue weighted by molar-refractivity contribution is 0.102. The van der Waals surface area contributed by atoms with E-state index < -0.39 is 0 Å². The van der Waals surface area contributed by atoms with Crippen molar-refractivity contribution in [1.29, 1.82) is 5.41 Å². The molecule has 1 aromatic heterocycles. The van der Waals surface area contributed by atoms with E-state index >= 15 is 0 Å². The van der Waals surface area contributed by atoms with Gasteiger partial charge in [0.25, 0.3) is 5.91 Å². The number of nitrogens with one attached hydrogen (secondary N) is 2. The van der Waals surface area contributed by atoms with Crippen molar-refractivity contribution in [2.24, 2.45) is 0 Å². The summed E-state index contributed by atoms with van der Waals surface area (Å²) < 4.78 is 5.96. The predicted octanol–water partition coefficient (Wildman–Crippen LogP) is 4.43. The first kappa shape index (κ1) is 18.0. The number of anilines is 2. The van der Waals surface area contributed by atoms with Crippen LogP contribution in [0.5, 0.6) is 0 Å². The van der Waals surface area contributed by atoms with E-state index in [4.69, 9.17) is 9.83 Å². The van der Waals surface area contributed by atoms with Gasteiger partial charge in [0, 0.05) is 35.4 Å². The summed E-state index contributed by atoms with van der Waals surface area (Å²) in [5, 5.41) is 12.3. The molecule has 3 heterocycles. The maximum Gasteiger partial charge on any atom is 0.261 e. The highest BCUT2D eigenvalue weighted by Gasteiger charge is 2.27. The molecule has 0 saturated heterocycles. The number of carbonyl (C=O) groups excluding carboxylic acids is 1. The van der Waals surface area contributed by atoms with Crippen molar-refractivity contribution >= 4 is 28.3 Å². The number of hydrogen-bond donors (Lipinski definition) is 2. The number of hydrogen-bond acceptors (Lipinski definition) is 4. The highest BCUT2D eigenvalue weighted by Crippen LogP contribution is 2.39. The SMILES string of the molecule is CCc1ccccc1NC(=O)c1cc2cc3c4c(c2oc1=N)CCCN4CCC3. The van der Waals surface area contributed by atoms with Crippen LogP contribution in [0.3, 0.4) is 0 Å². The van der Waals surface area contributed by atoms with E-state index in [2.05, 4.69) is 23.2 Å². The first-order chi connectivity index (χ1) is 14.2. The Morgan fingerprint density at radius 3 is 2.79 bits per heavy atom. The summed E-state index contributed by atoms with van der Waals surface area (Å²) in [4.78, 5) is 15.4. The van der Waals surface area contributed by atoms with Gasteiger partial charge in [0.15, 0.2) is 0 Å². The molecule has 2 aliphatic rings. The minimum atomic E-state index is -0.297. The molecule has 0 spiro atoms. The molecular formula is C24H25N3O2. The van der Waals surface area contributed by atoms with Crippen molar-refractivity contribution in [1.82, 2.24) is 0 Å². The lowest BCUT2D eigenvalue weighted by atomic mass is 9.90. The molecule has 3 aromatic rings. The Balaban J connectivity index is 1.59.